The van der Waals surface area contributed by atoms with Gasteiger partial charge in [-0.05, 0) is 66.1 Å². The fourth-order valence-electron chi connectivity index (χ4n) is 2.56. The van der Waals surface area contributed by atoms with E-state index in [1.54, 1.807) is 11.3 Å². The molecule has 94 valence electrons. The molecule has 0 spiro atoms. The minimum absolute atomic E-state index is 0.517. The van der Waals surface area contributed by atoms with E-state index in [0.29, 0.717) is 12.3 Å². The van der Waals surface area contributed by atoms with Gasteiger partial charge in [-0.3, -0.25) is 4.79 Å². The number of halogens is 1. The van der Waals surface area contributed by atoms with Gasteiger partial charge in [-0.25, -0.2) is 0 Å². The van der Waals surface area contributed by atoms with Crippen molar-refractivity contribution in [3.05, 3.63) is 20.8 Å². The first-order valence-corrected chi connectivity index (χ1v) is 7.60. The second-order valence-corrected chi connectivity index (χ2v) is 7.70. The Balaban J connectivity index is 2.15. The fourth-order valence-corrected chi connectivity index (χ4v) is 4.19. The molecule has 0 bridgehead atoms. The van der Waals surface area contributed by atoms with Crippen molar-refractivity contribution in [2.75, 3.05) is 0 Å². The van der Waals surface area contributed by atoms with Crippen molar-refractivity contribution in [2.45, 2.75) is 39.0 Å². The molecule has 1 aromatic rings. The van der Waals surface area contributed by atoms with Crippen molar-refractivity contribution in [3.8, 4) is 0 Å². The third-order valence-electron chi connectivity index (χ3n) is 3.83. The molecule has 0 aromatic carbocycles. The normalized spacial score (nSPS) is 29.2. The zero-order valence-corrected chi connectivity index (χ0v) is 12.3. The zero-order chi connectivity index (χ0) is 12.5. The number of carboxylic acid groups (broad SMARTS) is 1. The maximum atomic E-state index is 11.6. The number of hydrogen-bond acceptors (Lipinski definition) is 2. The molecule has 1 saturated carbocycles. The van der Waals surface area contributed by atoms with Gasteiger partial charge >= 0.3 is 5.97 Å². The molecular formula is C13H17BrO2S. The van der Waals surface area contributed by atoms with E-state index < -0.39 is 11.4 Å². The minimum Gasteiger partial charge on any atom is -0.481 e. The van der Waals surface area contributed by atoms with Crippen LogP contribution in [-0.4, -0.2) is 11.1 Å². The molecule has 0 atom stereocenters. The largest absolute Gasteiger partial charge is 0.481 e. The molecule has 1 aromatic heterocycles. The van der Waals surface area contributed by atoms with E-state index in [0.717, 1.165) is 29.5 Å². The molecular weight excluding hydrogens is 300 g/mol. The maximum absolute atomic E-state index is 11.6. The van der Waals surface area contributed by atoms with Crippen LogP contribution in [0, 0.1) is 11.3 Å². The van der Waals surface area contributed by atoms with Gasteiger partial charge in [-0.2, -0.15) is 0 Å². The van der Waals surface area contributed by atoms with Crippen LogP contribution in [0.1, 0.15) is 37.5 Å². The van der Waals surface area contributed by atoms with Gasteiger partial charge in [0.15, 0.2) is 0 Å². The van der Waals surface area contributed by atoms with Gasteiger partial charge < -0.3 is 5.11 Å². The van der Waals surface area contributed by atoms with Crippen LogP contribution in [0.15, 0.2) is 15.9 Å². The second kappa shape index (κ2) is 5.11. The Morgan fingerprint density at radius 3 is 2.65 bits per heavy atom. The Hall–Kier alpha value is -0.350. The van der Waals surface area contributed by atoms with Crippen LogP contribution in [-0.2, 0) is 11.2 Å². The van der Waals surface area contributed by atoms with Gasteiger partial charge in [0.1, 0.15) is 0 Å². The summed E-state index contributed by atoms with van der Waals surface area (Å²) in [5, 5.41) is 9.54. The molecule has 1 fully saturated rings. The lowest BCUT2D eigenvalue weighted by atomic mass is 9.69. The smallest absolute Gasteiger partial charge is 0.309 e. The quantitative estimate of drug-likeness (QED) is 0.901. The van der Waals surface area contributed by atoms with Crippen molar-refractivity contribution in [2.24, 2.45) is 11.3 Å². The highest BCUT2D eigenvalue weighted by Gasteiger charge is 2.41. The van der Waals surface area contributed by atoms with E-state index in [-0.39, 0.29) is 0 Å². The van der Waals surface area contributed by atoms with Gasteiger partial charge in [0.25, 0.3) is 0 Å². The minimum atomic E-state index is -0.617. The highest BCUT2D eigenvalue weighted by Crippen LogP contribution is 2.43. The Morgan fingerprint density at radius 2 is 2.18 bits per heavy atom. The van der Waals surface area contributed by atoms with Crippen LogP contribution in [0.25, 0.3) is 0 Å². The van der Waals surface area contributed by atoms with E-state index in [1.165, 1.54) is 4.88 Å². The Kier molecular flexibility index (Phi) is 3.93. The predicted molar refractivity (Wildman–Crippen MR) is 73.4 cm³/mol. The van der Waals surface area contributed by atoms with Crippen LogP contribution in [0.5, 0.6) is 0 Å². The lowest BCUT2D eigenvalue weighted by Crippen LogP contribution is -2.36. The summed E-state index contributed by atoms with van der Waals surface area (Å²) in [4.78, 5) is 12.8. The van der Waals surface area contributed by atoms with E-state index in [1.807, 2.05) is 12.1 Å². The van der Waals surface area contributed by atoms with E-state index in [9.17, 15) is 9.90 Å². The maximum Gasteiger partial charge on any atom is 0.309 e. The first kappa shape index (κ1) is 13.1. The van der Waals surface area contributed by atoms with Crippen molar-refractivity contribution >= 4 is 33.2 Å². The molecule has 0 saturated heterocycles. The standard InChI is InChI=1S/C13H17BrO2S/c1-9-4-6-13(7-5-9,12(15)16)8-10-2-3-11(14)17-10/h2-3,9H,4-8H2,1H3,(H,15,16). The zero-order valence-electron chi connectivity index (χ0n) is 9.91. The summed E-state index contributed by atoms with van der Waals surface area (Å²) in [7, 11) is 0. The number of rotatable bonds is 3. The Labute approximate surface area is 114 Å². The van der Waals surface area contributed by atoms with Gasteiger partial charge in [-0.15, -0.1) is 11.3 Å². The molecule has 2 rings (SSSR count). The topological polar surface area (TPSA) is 37.3 Å². The Morgan fingerprint density at radius 1 is 1.53 bits per heavy atom. The summed E-state index contributed by atoms with van der Waals surface area (Å²) in [6.07, 6.45) is 4.40. The summed E-state index contributed by atoms with van der Waals surface area (Å²) >= 11 is 5.08. The van der Waals surface area contributed by atoms with Gasteiger partial charge in [0, 0.05) is 4.88 Å². The van der Waals surface area contributed by atoms with Crippen LogP contribution in [0.2, 0.25) is 0 Å². The molecule has 17 heavy (non-hydrogen) atoms. The monoisotopic (exact) mass is 316 g/mol. The first-order chi connectivity index (χ1) is 8.02. The lowest BCUT2D eigenvalue weighted by Gasteiger charge is -2.35. The molecule has 1 aliphatic carbocycles. The third kappa shape index (κ3) is 2.91. The SMILES string of the molecule is CC1CCC(Cc2ccc(Br)s2)(C(=O)O)CC1. The second-order valence-electron chi connectivity index (χ2n) is 5.15. The van der Waals surface area contributed by atoms with Crippen molar-refractivity contribution < 1.29 is 9.90 Å². The van der Waals surface area contributed by atoms with Gasteiger partial charge in [0.05, 0.1) is 9.20 Å². The summed E-state index contributed by atoms with van der Waals surface area (Å²) in [6.45, 7) is 2.22. The third-order valence-corrected chi connectivity index (χ3v) is 5.45. The summed E-state index contributed by atoms with van der Waals surface area (Å²) in [5.74, 6) is 0.0615. The molecule has 2 nitrogen and oxygen atoms in total. The molecule has 1 heterocycles. The molecule has 0 aliphatic heterocycles. The highest BCUT2D eigenvalue weighted by atomic mass is 79.9. The van der Waals surface area contributed by atoms with E-state index >= 15 is 0 Å². The Bertz CT molecular complexity index is 405. The molecule has 1 aliphatic rings. The number of carbonyl (C=O) groups is 1. The number of hydrogen-bond donors (Lipinski definition) is 1. The predicted octanol–water partition coefficient (Wildman–Crippen LogP) is 4.33. The number of aliphatic carboxylic acids is 1. The average Bonchev–Trinajstić information content (AvgIpc) is 2.67. The summed E-state index contributed by atoms with van der Waals surface area (Å²) < 4.78 is 1.08. The van der Waals surface area contributed by atoms with Crippen molar-refractivity contribution in [3.63, 3.8) is 0 Å². The first-order valence-electron chi connectivity index (χ1n) is 5.99. The summed E-state index contributed by atoms with van der Waals surface area (Å²) in [5.41, 5.74) is -0.517. The van der Waals surface area contributed by atoms with Crippen LogP contribution >= 0.6 is 27.3 Å². The highest BCUT2D eigenvalue weighted by molar-refractivity contribution is 9.11. The van der Waals surface area contributed by atoms with Crippen LogP contribution in [0.3, 0.4) is 0 Å². The van der Waals surface area contributed by atoms with E-state index in [4.69, 9.17) is 0 Å². The average molecular weight is 317 g/mol. The number of carboxylic acids is 1. The van der Waals surface area contributed by atoms with Gasteiger partial charge in [0.2, 0.25) is 0 Å². The molecule has 0 radical (unpaired) electrons. The molecule has 4 heteroatoms. The molecule has 1 N–H and O–H groups in total. The van der Waals surface area contributed by atoms with Crippen molar-refractivity contribution in [1.29, 1.82) is 0 Å². The van der Waals surface area contributed by atoms with Crippen LogP contribution in [0.4, 0.5) is 0 Å². The lowest BCUT2D eigenvalue weighted by molar-refractivity contribution is -0.151. The molecule has 0 amide bonds. The summed E-state index contributed by atoms with van der Waals surface area (Å²) in [6, 6.07) is 4.04. The van der Waals surface area contributed by atoms with Gasteiger partial charge in [-0.1, -0.05) is 6.92 Å². The van der Waals surface area contributed by atoms with Crippen molar-refractivity contribution in [1.82, 2.24) is 0 Å². The molecule has 0 unspecified atom stereocenters. The fraction of sp³-hybridized carbons (Fsp3) is 0.615. The number of thiophene rings is 1. The van der Waals surface area contributed by atoms with Crippen LogP contribution < -0.4 is 0 Å². The van der Waals surface area contributed by atoms with E-state index in [2.05, 4.69) is 22.9 Å².